The van der Waals surface area contributed by atoms with Crippen molar-refractivity contribution in [3.8, 4) is 5.75 Å². The Morgan fingerprint density at radius 2 is 2.04 bits per heavy atom. The van der Waals surface area contributed by atoms with Crippen molar-refractivity contribution in [2.45, 2.75) is 26.4 Å². The molecule has 140 valence electrons. The first-order valence-electron chi connectivity index (χ1n) is 8.96. The number of aryl methyl sites for hydroxylation is 1. The molecule has 0 radical (unpaired) electrons. The second-order valence-electron chi connectivity index (χ2n) is 6.12. The van der Waals surface area contributed by atoms with Crippen molar-refractivity contribution in [3.05, 3.63) is 45.9 Å². The Labute approximate surface area is 158 Å². The summed E-state index contributed by atoms with van der Waals surface area (Å²) in [7, 11) is 0. The molecule has 0 spiro atoms. The number of ether oxygens (including phenoxy) is 2. The van der Waals surface area contributed by atoms with Crippen molar-refractivity contribution in [1.29, 1.82) is 0 Å². The number of hydrogen-bond donors (Lipinski definition) is 1. The van der Waals surface area contributed by atoms with Gasteiger partial charge in [-0.15, -0.1) is 11.3 Å². The number of nitrogens with zero attached hydrogens (tertiary/aromatic N) is 2. The van der Waals surface area contributed by atoms with E-state index in [-0.39, 0.29) is 12.5 Å². The molecule has 2 heterocycles. The molecule has 0 bridgehead atoms. The van der Waals surface area contributed by atoms with Crippen LogP contribution < -0.4 is 10.1 Å². The van der Waals surface area contributed by atoms with Gasteiger partial charge < -0.3 is 19.7 Å². The molecule has 1 N–H and O–H groups in total. The van der Waals surface area contributed by atoms with E-state index in [1.165, 1.54) is 10.6 Å². The van der Waals surface area contributed by atoms with Crippen LogP contribution in [0.25, 0.3) is 0 Å². The first kappa shape index (κ1) is 18.8. The van der Waals surface area contributed by atoms with Gasteiger partial charge in [-0.3, -0.25) is 4.79 Å². The number of hydrogen-bond acceptors (Lipinski definition) is 6. The van der Waals surface area contributed by atoms with Gasteiger partial charge in [0.25, 0.3) is 5.91 Å². The van der Waals surface area contributed by atoms with Crippen LogP contribution in [0, 0.1) is 0 Å². The lowest BCUT2D eigenvalue weighted by Gasteiger charge is -2.26. The number of morpholine rings is 1. The van der Waals surface area contributed by atoms with E-state index in [1.807, 2.05) is 24.3 Å². The van der Waals surface area contributed by atoms with Crippen LogP contribution in [-0.4, -0.2) is 48.7 Å². The second-order valence-corrected chi connectivity index (χ2v) is 7.06. The monoisotopic (exact) mass is 375 g/mol. The van der Waals surface area contributed by atoms with E-state index in [1.54, 1.807) is 16.2 Å². The van der Waals surface area contributed by atoms with Crippen LogP contribution >= 0.6 is 11.3 Å². The number of thiazole rings is 1. The van der Waals surface area contributed by atoms with Gasteiger partial charge in [0.1, 0.15) is 5.75 Å². The molecule has 2 aromatic rings. The number of nitrogens with one attached hydrogen (secondary N) is 1. The van der Waals surface area contributed by atoms with E-state index in [0.717, 1.165) is 25.2 Å². The fourth-order valence-corrected chi connectivity index (χ4v) is 3.42. The van der Waals surface area contributed by atoms with Gasteiger partial charge in [-0.25, -0.2) is 4.98 Å². The summed E-state index contributed by atoms with van der Waals surface area (Å²) in [6, 6.07) is 7.84. The number of rotatable bonds is 8. The molecule has 0 saturated carbocycles. The Balaban J connectivity index is 1.39. The van der Waals surface area contributed by atoms with Crippen molar-refractivity contribution in [1.82, 2.24) is 15.2 Å². The van der Waals surface area contributed by atoms with Crippen LogP contribution in [0.15, 0.2) is 29.6 Å². The molecule has 26 heavy (non-hydrogen) atoms. The minimum Gasteiger partial charge on any atom is -0.484 e. The molecule has 3 rings (SSSR count). The fraction of sp³-hybridized carbons (Fsp3) is 0.474. The minimum atomic E-state index is 0.00811. The molecule has 0 unspecified atom stereocenters. The number of carbonyl (C=O) groups excluding carboxylic acids is 1. The maximum Gasteiger partial charge on any atom is 0.260 e. The van der Waals surface area contributed by atoms with Gasteiger partial charge in [-0.2, -0.15) is 0 Å². The lowest BCUT2D eigenvalue weighted by Crippen LogP contribution is -2.42. The van der Waals surface area contributed by atoms with Gasteiger partial charge in [0, 0.05) is 31.6 Å². The Morgan fingerprint density at radius 1 is 1.27 bits per heavy atom. The van der Waals surface area contributed by atoms with E-state index >= 15 is 0 Å². The van der Waals surface area contributed by atoms with Crippen molar-refractivity contribution in [2.24, 2.45) is 0 Å². The zero-order chi connectivity index (χ0) is 18.2. The maximum atomic E-state index is 12.1. The van der Waals surface area contributed by atoms with E-state index in [2.05, 4.69) is 22.6 Å². The first-order chi connectivity index (χ1) is 12.7. The fourth-order valence-electron chi connectivity index (χ4n) is 2.68. The number of carbonyl (C=O) groups is 1. The van der Waals surface area contributed by atoms with Crippen molar-refractivity contribution in [2.75, 3.05) is 32.9 Å². The third kappa shape index (κ3) is 5.52. The molecule has 1 saturated heterocycles. The highest BCUT2D eigenvalue weighted by atomic mass is 32.1. The van der Waals surface area contributed by atoms with Crippen LogP contribution in [-0.2, 0) is 29.0 Å². The van der Waals surface area contributed by atoms with E-state index in [9.17, 15) is 4.79 Å². The quantitative estimate of drug-likeness (QED) is 0.767. The SMILES string of the molecule is CCc1nc(CNCc2ccc(OCC(=O)N3CCOCC3)cc2)cs1. The Bertz CT molecular complexity index is 696. The Kier molecular flexibility index (Phi) is 6.99. The summed E-state index contributed by atoms with van der Waals surface area (Å²) in [5, 5.41) is 6.68. The highest BCUT2D eigenvalue weighted by Gasteiger charge is 2.17. The summed E-state index contributed by atoms with van der Waals surface area (Å²) < 4.78 is 10.9. The first-order valence-corrected chi connectivity index (χ1v) is 9.84. The molecule has 1 aromatic carbocycles. The predicted octanol–water partition coefficient (Wildman–Crippen LogP) is 2.23. The summed E-state index contributed by atoms with van der Waals surface area (Å²) in [6.07, 6.45) is 0.986. The van der Waals surface area contributed by atoms with Gasteiger partial charge in [0.2, 0.25) is 0 Å². The van der Waals surface area contributed by atoms with Crippen molar-refractivity contribution in [3.63, 3.8) is 0 Å². The van der Waals surface area contributed by atoms with Crippen molar-refractivity contribution >= 4 is 17.2 Å². The minimum absolute atomic E-state index is 0.00811. The van der Waals surface area contributed by atoms with Gasteiger partial charge in [0.05, 0.1) is 23.9 Å². The maximum absolute atomic E-state index is 12.1. The Hall–Kier alpha value is -1.96. The van der Waals surface area contributed by atoms with Gasteiger partial charge >= 0.3 is 0 Å². The van der Waals surface area contributed by atoms with Crippen LogP contribution in [0.4, 0.5) is 0 Å². The van der Waals surface area contributed by atoms with E-state index in [0.29, 0.717) is 32.1 Å². The average molecular weight is 375 g/mol. The molecular formula is C19H25N3O3S. The standard InChI is InChI=1S/C19H25N3O3S/c1-2-18-21-16(14-26-18)12-20-11-15-3-5-17(6-4-15)25-13-19(23)22-7-9-24-10-8-22/h3-6,14,20H,2,7-13H2,1H3. The highest BCUT2D eigenvalue weighted by Crippen LogP contribution is 2.13. The molecule has 1 aliphatic heterocycles. The molecule has 0 aliphatic carbocycles. The summed E-state index contributed by atoms with van der Waals surface area (Å²) >= 11 is 1.71. The van der Waals surface area contributed by atoms with E-state index in [4.69, 9.17) is 9.47 Å². The molecule has 1 aromatic heterocycles. The zero-order valence-corrected chi connectivity index (χ0v) is 15.9. The van der Waals surface area contributed by atoms with Gasteiger partial charge in [-0.05, 0) is 24.1 Å². The van der Waals surface area contributed by atoms with Gasteiger partial charge in [-0.1, -0.05) is 19.1 Å². The largest absolute Gasteiger partial charge is 0.484 e. The molecule has 1 aliphatic rings. The molecule has 7 heteroatoms. The van der Waals surface area contributed by atoms with Gasteiger partial charge in [0.15, 0.2) is 6.61 Å². The summed E-state index contributed by atoms with van der Waals surface area (Å²) in [5.41, 5.74) is 2.26. The molecule has 6 nitrogen and oxygen atoms in total. The number of amides is 1. The van der Waals surface area contributed by atoms with Crippen molar-refractivity contribution < 1.29 is 14.3 Å². The smallest absolute Gasteiger partial charge is 0.260 e. The predicted molar refractivity (Wildman–Crippen MR) is 101 cm³/mol. The molecular weight excluding hydrogens is 350 g/mol. The summed E-state index contributed by atoms with van der Waals surface area (Å²) in [5.74, 6) is 0.719. The zero-order valence-electron chi connectivity index (χ0n) is 15.1. The number of benzene rings is 1. The number of aromatic nitrogens is 1. The molecule has 1 fully saturated rings. The van der Waals surface area contributed by atoms with Crippen LogP contribution in [0.1, 0.15) is 23.2 Å². The van der Waals surface area contributed by atoms with E-state index < -0.39 is 0 Å². The molecule has 0 atom stereocenters. The third-order valence-corrected chi connectivity index (χ3v) is 5.23. The average Bonchev–Trinajstić information content (AvgIpc) is 3.16. The molecule has 1 amide bonds. The van der Waals surface area contributed by atoms with Crippen LogP contribution in [0.3, 0.4) is 0 Å². The van der Waals surface area contributed by atoms with Crippen LogP contribution in [0.2, 0.25) is 0 Å². The highest BCUT2D eigenvalue weighted by molar-refractivity contribution is 7.09. The summed E-state index contributed by atoms with van der Waals surface area (Å²) in [4.78, 5) is 18.4. The van der Waals surface area contributed by atoms with Crippen LogP contribution in [0.5, 0.6) is 5.75 Å². The lowest BCUT2D eigenvalue weighted by atomic mass is 10.2. The normalized spacial score (nSPS) is 14.4. The topological polar surface area (TPSA) is 63.7 Å². The second kappa shape index (κ2) is 9.66. The summed E-state index contributed by atoms with van der Waals surface area (Å²) in [6.45, 7) is 6.23. The lowest BCUT2D eigenvalue weighted by molar-refractivity contribution is -0.137. The Morgan fingerprint density at radius 3 is 2.73 bits per heavy atom. The third-order valence-electron chi connectivity index (χ3n) is 4.19.